The minimum Gasteiger partial charge on any atom is -0.478 e. The fraction of sp³-hybridized carbons (Fsp3) is 0.0690. The number of anilines is 1. The van der Waals surface area contributed by atoms with Crippen molar-refractivity contribution in [1.82, 2.24) is 5.32 Å². The van der Waals surface area contributed by atoms with Crippen LogP contribution in [0, 0.1) is 0 Å². The molecule has 0 bridgehead atoms. The van der Waals surface area contributed by atoms with Gasteiger partial charge in [-0.05, 0) is 53.6 Å². The van der Waals surface area contributed by atoms with Crippen molar-refractivity contribution in [2.24, 2.45) is 0 Å². The Labute approximate surface area is 213 Å². The van der Waals surface area contributed by atoms with Gasteiger partial charge in [0, 0.05) is 6.54 Å². The number of nitrogens with zero attached hydrogens (tertiary/aromatic N) is 1. The molecule has 4 aromatic carbocycles. The van der Waals surface area contributed by atoms with Crippen LogP contribution in [0.1, 0.15) is 31.8 Å². The molecule has 0 aliphatic carbocycles. The number of aromatic carboxylic acids is 2. The number of hydrogen-bond acceptors (Lipinski definition) is 4. The molecule has 3 N–H and O–H groups in total. The van der Waals surface area contributed by atoms with E-state index in [-0.39, 0.29) is 29.9 Å². The average molecular weight is 497 g/mol. The average Bonchev–Trinajstić information content (AvgIpc) is 2.92. The van der Waals surface area contributed by atoms with Crippen molar-refractivity contribution >= 4 is 23.7 Å². The molecule has 0 aromatic heterocycles. The van der Waals surface area contributed by atoms with Gasteiger partial charge in [0.1, 0.15) is 11.5 Å². The smallest absolute Gasteiger partial charge is 0.337 e. The highest BCUT2D eigenvalue weighted by Crippen LogP contribution is 2.26. The molecule has 0 heterocycles. The molecule has 0 aliphatic heterocycles. The Hall–Kier alpha value is -5.11. The van der Waals surface area contributed by atoms with Gasteiger partial charge in [0.25, 0.3) is 0 Å². The molecular formula is C29H24N2O6. The topological polar surface area (TPSA) is 116 Å². The predicted octanol–water partition coefficient (Wildman–Crippen LogP) is 5.79. The van der Waals surface area contributed by atoms with E-state index in [0.717, 1.165) is 11.1 Å². The summed E-state index contributed by atoms with van der Waals surface area (Å²) in [6, 6.07) is 28.6. The number of ether oxygens (including phenoxy) is 1. The molecule has 0 radical (unpaired) electrons. The highest BCUT2D eigenvalue weighted by atomic mass is 16.5. The first-order chi connectivity index (χ1) is 17.9. The lowest BCUT2D eigenvalue weighted by Gasteiger charge is -2.25. The van der Waals surface area contributed by atoms with Crippen molar-refractivity contribution < 1.29 is 29.3 Å². The Balaban J connectivity index is 1.55. The van der Waals surface area contributed by atoms with E-state index < -0.39 is 18.0 Å². The van der Waals surface area contributed by atoms with Gasteiger partial charge in [-0.2, -0.15) is 0 Å². The summed E-state index contributed by atoms with van der Waals surface area (Å²) in [5, 5.41) is 22.0. The van der Waals surface area contributed by atoms with Gasteiger partial charge in [0.2, 0.25) is 0 Å². The molecule has 0 fully saturated rings. The molecule has 0 saturated carbocycles. The van der Waals surface area contributed by atoms with Crippen molar-refractivity contribution in [3.63, 3.8) is 0 Å². The Morgan fingerprint density at radius 2 is 1.32 bits per heavy atom. The van der Waals surface area contributed by atoms with Crippen LogP contribution in [-0.2, 0) is 13.1 Å². The van der Waals surface area contributed by atoms with E-state index in [0.29, 0.717) is 11.5 Å². The summed E-state index contributed by atoms with van der Waals surface area (Å²) in [5.41, 5.74) is 1.22. The largest absolute Gasteiger partial charge is 0.478 e. The second-order valence-electron chi connectivity index (χ2n) is 8.13. The lowest BCUT2D eigenvalue weighted by Crippen LogP contribution is -2.40. The number of hydrogen-bond donors (Lipinski definition) is 3. The van der Waals surface area contributed by atoms with Gasteiger partial charge in [-0.1, -0.05) is 60.7 Å². The molecule has 37 heavy (non-hydrogen) atoms. The van der Waals surface area contributed by atoms with E-state index in [1.54, 1.807) is 36.4 Å². The third-order valence-electron chi connectivity index (χ3n) is 5.54. The summed E-state index contributed by atoms with van der Waals surface area (Å²) in [6.07, 6.45) is 0. The first-order valence-electron chi connectivity index (χ1n) is 11.4. The zero-order valence-corrected chi connectivity index (χ0v) is 19.7. The highest BCUT2D eigenvalue weighted by molar-refractivity contribution is 6.03. The quantitative estimate of drug-likeness (QED) is 0.270. The van der Waals surface area contributed by atoms with Gasteiger partial charge in [0.05, 0.1) is 23.4 Å². The number of rotatable bonds is 9. The predicted molar refractivity (Wildman–Crippen MR) is 138 cm³/mol. The second kappa shape index (κ2) is 11.5. The van der Waals surface area contributed by atoms with Crippen LogP contribution < -0.4 is 15.0 Å². The number of benzene rings is 4. The van der Waals surface area contributed by atoms with Crippen LogP contribution in [0.5, 0.6) is 11.5 Å². The standard InChI is InChI=1S/C29H24N2O6/c32-27(33)22-13-16-25(28(34)35)26(17-22)31(19-21-7-3-1-4-8-21)29(36)30-18-20-11-14-24(15-12-20)37-23-9-5-2-6-10-23/h1-17H,18-19H2,(H,30,36)(H,32,33)(H,34,35). The summed E-state index contributed by atoms with van der Waals surface area (Å²) < 4.78 is 5.79. The van der Waals surface area contributed by atoms with E-state index in [1.165, 1.54) is 23.1 Å². The molecule has 0 atom stereocenters. The molecular weight excluding hydrogens is 472 g/mol. The molecule has 186 valence electrons. The van der Waals surface area contributed by atoms with Crippen LogP contribution in [0.15, 0.2) is 103 Å². The van der Waals surface area contributed by atoms with E-state index in [9.17, 15) is 24.6 Å². The fourth-order valence-electron chi connectivity index (χ4n) is 3.67. The molecule has 4 rings (SSSR count). The maximum atomic E-state index is 13.3. The number of nitrogens with one attached hydrogen (secondary N) is 1. The number of carboxylic acids is 2. The van der Waals surface area contributed by atoms with E-state index >= 15 is 0 Å². The van der Waals surface area contributed by atoms with Crippen LogP contribution in [0.25, 0.3) is 0 Å². The number of carbonyl (C=O) groups is 3. The molecule has 0 saturated heterocycles. The summed E-state index contributed by atoms with van der Waals surface area (Å²) in [5.74, 6) is -1.15. The van der Waals surface area contributed by atoms with Crippen LogP contribution in [-0.4, -0.2) is 28.2 Å². The highest BCUT2D eigenvalue weighted by Gasteiger charge is 2.24. The van der Waals surface area contributed by atoms with Crippen LogP contribution >= 0.6 is 0 Å². The van der Waals surface area contributed by atoms with Gasteiger partial charge in [-0.25, -0.2) is 14.4 Å². The first-order valence-corrected chi connectivity index (χ1v) is 11.4. The third-order valence-corrected chi connectivity index (χ3v) is 5.54. The zero-order chi connectivity index (χ0) is 26.2. The number of amides is 2. The van der Waals surface area contributed by atoms with Crippen molar-refractivity contribution in [1.29, 1.82) is 0 Å². The summed E-state index contributed by atoms with van der Waals surface area (Å²) in [7, 11) is 0. The SMILES string of the molecule is O=C(O)c1ccc(C(=O)O)c(N(Cc2ccccc2)C(=O)NCc2ccc(Oc3ccccc3)cc2)c1. The Morgan fingerprint density at radius 3 is 1.95 bits per heavy atom. The number of urea groups is 1. The van der Waals surface area contributed by atoms with Crippen LogP contribution in [0.2, 0.25) is 0 Å². The first kappa shape index (κ1) is 25.0. The lowest BCUT2D eigenvalue weighted by molar-refractivity contribution is 0.0681. The maximum absolute atomic E-state index is 13.3. The summed E-state index contributed by atoms with van der Waals surface area (Å²) in [6.45, 7) is 0.205. The van der Waals surface area contributed by atoms with E-state index in [1.807, 2.05) is 48.5 Å². The van der Waals surface area contributed by atoms with Crippen LogP contribution in [0.3, 0.4) is 0 Å². The molecule has 4 aromatic rings. The van der Waals surface area contributed by atoms with Crippen molar-refractivity contribution in [2.45, 2.75) is 13.1 Å². The number of carboxylic acid groups (broad SMARTS) is 2. The van der Waals surface area contributed by atoms with E-state index in [2.05, 4.69) is 5.32 Å². The normalized spacial score (nSPS) is 10.4. The second-order valence-corrected chi connectivity index (χ2v) is 8.13. The minimum absolute atomic E-state index is 0.0136. The van der Waals surface area contributed by atoms with Crippen molar-refractivity contribution in [2.75, 3.05) is 4.90 Å². The Kier molecular flexibility index (Phi) is 7.80. The molecule has 0 spiro atoms. The number of para-hydroxylation sites is 1. The summed E-state index contributed by atoms with van der Waals surface area (Å²) in [4.78, 5) is 38.0. The lowest BCUT2D eigenvalue weighted by atomic mass is 10.1. The summed E-state index contributed by atoms with van der Waals surface area (Å²) >= 11 is 0. The molecule has 2 amide bonds. The Morgan fingerprint density at radius 1 is 0.703 bits per heavy atom. The maximum Gasteiger partial charge on any atom is 0.337 e. The van der Waals surface area contributed by atoms with Crippen LogP contribution in [0.4, 0.5) is 10.5 Å². The monoisotopic (exact) mass is 496 g/mol. The van der Waals surface area contributed by atoms with Gasteiger partial charge >= 0.3 is 18.0 Å². The molecule has 0 unspecified atom stereocenters. The van der Waals surface area contributed by atoms with Gasteiger partial charge in [-0.15, -0.1) is 0 Å². The molecule has 8 heteroatoms. The van der Waals surface area contributed by atoms with Gasteiger partial charge < -0.3 is 20.3 Å². The molecule has 0 aliphatic rings. The zero-order valence-electron chi connectivity index (χ0n) is 19.7. The minimum atomic E-state index is -1.27. The van der Waals surface area contributed by atoms with Crippen molar-refractivity contribution in [3.05, 3.63) is 125 Å². The Bertz CT molecular complexity index is 1390. The third kappa shape index (κ3) is 6.52. The van der Waals surface area contributed by atoms with Crippen molar-refractivity contribution in [3.8, 4) is 11.5 Å². The van der Waals surface area contributed by atoms with Gasteiger partial charge in [0.15, 0.2) is 0 Å². The fourth-order valence-corrected chi connectivity index (χ4v) is 3.67. The number of carbonyl (C=O) groups excluding carboxylic acids is 1. The molecule has 8 nitrogen and oxygen atoms in total. The van der Waals surface area contributed by atoms with E-state index in [4.69, 9.17) is 4.74 Å². The van der Waals surface area contributed by atoms with Gasteiger partial charge in [-0.3, -0.25) is 4.90 Å².